The van der Waals surface area contributed by atoms with Crippen molar-refractivity contribution in [3.63, 3.8) is 0 Å². The third-order valence-electron chi connectivity index (χ3n) is 3.08. The number of benzene rings is 1. The van der Waals surface area contributed by atoms with E-state index in [-0.39, 0.29) is 11.9 Å². The number of thiophene rings is 1. The Morgan fingerprint density at radius 2 is 2.00 bits per heavy atom. The molecule has 0 aliphatic carbocycles. The predicted molar refractivity (Wildman–Crippen MR) is 85.8 cm³/mol. The number of rotatable bonds is 6. The SMILES string of the molecule is CCc1ccc(C(=O)NC(CCl)Cc2ccccc2)s1. The molecular weight excluding hydrogens is 290 g/mol. The largest absolute Gasteiger partial charge is 0.347 e. The van der Waals surface area contributed by atoms with Gasteiger partial charge in [0.05, 0.1) is 4.88 Å². The first-order valence-electron chi connectivity index (χ1n) is 6.72. The Morgan fingerprint density at radius 1 is 1.25 bits per heavy atom. The maximum absolute atomic E-state index is 12.2. The first kappa shape index (κ1) is 15.1. The van der Waals surface area contributed by atoms with Gasteiger partial charge in [-0.1, -0.05) is 37.3 Å². The van der Waals surface area contributed by atoms with E-state index in [1.54, 1.807) is 11.3 Å². The Bertz CT molecular complexity index is 553. The maximum atomic E-state index is 12.2. The number of carbonyl (C=O) groups excluding carboxylic acids is 1. The molecule has 1 aromatic heterocycles. The molecule has 106 valence electrons. The molecule has 1 unspecified atom stereocenters. The lowest BCUT2D eigenvalue weighted by molar-refractivity contribution is 0.0944. The molecule has 0 saturated heterocycles. The predicted octanol–water partition coefficient (Wildman–Crippen LogP) is 3.89. The Hall–Kier alpha value is -1.32. The molecule has 1 N–H and O–H groups in total. The lowest BCUT2D eigenvalue weighted by Crippen LogP contribution is -2.37. The Morgan fingerprint density at radius 3 is 2.60 bits per heavy atom. The first-order chi connectivity index (χ1) is 9.72. The lowest BCUT2D eigenvalue weighted by atomic mass is 10.1. The van der Waals surface area contributed by atoms with E-state index in [1.807, 2.05) is 42.5 Å². The summed E-state index contributed by atoms with van der Waals surface area (Å²) in [6, 6.07) is 13.9. The van der Waals surface area contributed by atoms with E-state index in [1.165, 1.54) is 10.4 Å². The van der Waals surface area contributed by atoms with Crippen LogP contribution < -0.4 is 5.32 Å². The van der Waals surface area contributed by atoms with Gasteiger partial charge in [-0.2, -0.15) is 0 Å². The molecule has 0 aliphatic rings. The fourth-order valence-electron chi connectivity index (χ4n) is 1.99. The summed E-state index contributed by atoms with van der Waals surface area (Å²) in [5.74, 6) is 0.378. The van der Waals surface area contributed by atoms with Crippen molar-refractivity contribution in [2.45, 2.75) is 25.8 Å². The molecule has 0 saturated carbocycles. The fraction of sp³-hybridized carbons (Fsp3) is 0.312. The van der Waals surface area contributed by atoms with Gasteiger partial charge in [0.1, 0.15) is 0 Å². The van der Waals surface area contributed by atoms with Gasteiger partial charge in [-0.05, 0) is 30.5 Å². The van der Waals surface area contributed by atoms with Crippen LogP contribution in [0.1, 0.15) is 27.0 Å². The van der Waals surface area contributed by atoms with Crippen molar-refractivity contribution in [1.29, 1.82) is 0 Å². The second kappa shape index (κ2) is 7.46. The summed E-state index contributed by atoms with van der Waals surface area (Å²) in [5, 5.41) is 3.01. The van der Waals surface area contributed by atoms with Crippen molar-refractivity contribution in [3.05, 3.63) is 57.8 Å². The summed E-state index contributed by atoms with van der Waals surface area (Å²) in [7, 11) is 0. The number of hydrogen-bond acceptors (Lipinski definition) is 2. The zero-order chi connectivity index (χ0) is 14.4. The molecule has 2 nitrogen and oxygen atoms in total. The highest BCUT2D eigenvalue weighted by atomic mass is 35.5. The monoisotopic (exact) mass is 307 g/mol. The number of halogens is 1. The quantitative estimate of drug-likeness (QED) is 0.806. The summed E-state index contributed by atoms with van der Waals surface area (Å²) in [6.07, 6.45) is 1.71. The standard InChI is InChI=1S/C16H18ClNOS/c1-2-14-8-9-15(20-14)16(19)18-13(11-17)10-12-6-4-3-5-7-12/h3-9,13H,2,10-11H2,1H3,(H,18,19). The van der Waals surface area contributed by atoms with Crippen LogP contribution in [0.25, 0.3) is 0 Å². The second-order valence-corrected chi connectivity index (χ2v) is 6.11. The summed E-state index contributed by atoms with van der Waals surface area (Å²) in [6.45, 7) is 2.09. The molecular formula is C16H18ClNOS. The van der Waals surface area contributed by atoms with Crippen LogP contribution >= 0.6 is 22.9 Å². The zero-order valence-electron chi connectivity index (χ0n) is 11.4. The van der Waals surface area contributed by atoms with Crippen LogP contribution in [0.3, 0.4) is 0 Å². The van der Waals surface area contributed by atoms with Crippen LogP contribution in [-0.2, 0) is 12.8 Å². The summed E-state index contributed by atoms with van der Waals surface area (Å²) in [4.78, 5) is 14.2. The van der Waals surface area contributed by atoms with Gasteiger partial charge < -0.3 is 5.32 Å². The van der Waals surface area contributed by atoms with Crippen LogP contribution in [0, 0.1) is 0 Å². The highest BCUT2D eigenvalue weighted by molar-refractivity contribution is 7.14. The Labute approximate surface area is 128 Å². The lowest BCUT2D eigenvalue weighted by Gasteiger charge is -2.15. The summed E-state index contributed by atoms with van der Waals surface area (Å²) >= 11 is 7.51. The molecule has 1 amide bonds. The first-order valence-corrected chi connectivity index (χ1v) is 8.07. The maximum Gasteiger partial charge on any atom is 0.261 e. The van der Waals surface area contributed by atoms with Gasteiger partial charge in [-0.3, -0.25) is 4.79 Å². The summed E-state index contributed by atoms with van der Waals surface area (Å²) < 4.78 is 0. The van der Waals surface area contributed by atoms with Gasteiger partial charge in [0.2, 0.25) is 0 Å². The van der Waals surface area contributed by atoms with Gasteiger partial charge in [-0.25, -0.2) is 0 Å². The molecule has 1 atom stereocenters. The highest BCUT2D eigenvalue weighted by Crippen LogP contribution is 2.17. The number of hydrogen-bond donors (Lipinski definition) is 1. The van der Waals surface area contributed by atoms with Crippen LogP contribution in [0.15, 0.2) is 42.5 Å². The molecule has 1 heterocycles. The number of carbonyl (C=O) groups is 1. The van der Waals surface area contributed by atoms with Gasteiger partial charge >= 0.3 is 0 Å². The van der Waals surface area contributed by atoms with Crippen molar-refractivity contribution in [2.24, 2.45) is 0 Å². The molecule has 4 heteroatoms. The van der Waals surface area contributed by atoms with Crippen molar-refractivity contribution in [2.75, 3.05) is 5.88 Å². The molecule has 0 spiro atoms. The molecule has 20 heavy (non-hydrogen) atoms. The molecule has 0 bridgehead atoms. The van der Waals surface area contributed by atoms with Gasteiger partial charge in [0.15, 0.2) is 0 Å². The van der Waals surface area contributed by atoms with Gasteiger partial charge in [0.25, 0.3) is 5.91 Å². The van der Waals surface area contributed by atoms with Crippen molar-refractivity contribution < 1.29 is 4.79 Å². The molecule has 0 aliphatic heterocycles. The van der Waals surface area contributed by atoms with Crippen LogP contribution in [0.4, 0.5) is 0 Å². The number of nitrogens with one attached hydrogen (secondary N) is 1. The molecule has 0 fully saturated rings. The van der Waals surface area contributed by atoms with E-state index >= 15 is 0 Å². The van der Waals surface area contributed by atoms with Crippen LogP contribution in [0.5, 0.6) is 0 Å². The van der Waals surface area contributed by atoms with E-state index in [0.717, 1.165) is 17.7 Å². The van der Waals surface area contributed by atoms with Crippen LogP contribution in [0.2, 0.25) is 0 Å². The minimum atomic E-state index is -0.0428. The van der Waals surface area contributed by atoms with Crippen molar-refractivity contribution in [3.8, 4) is 0 Å². The highest BCUT2D eigenvalue weighted by Gasteiger charge is 2.15. The minimum absolute atomic E-state index is 0.0312. The van der Waals surface area contributed by atoms with Gasteiger partial charge in [0, 0.05) is 16.8 Å². The smallest absolute Gasteiger partial charge is 0.261 e. The number of alkyl halides is 1. The van der Waals surface area contributed by atoms with E-state index < -0.39 is 0 Å². The fourth-order valence-corrected chi connectivity index (χ4v) is 3.03. The van der Waals surface area contributed by atoms with E-state index in [2.05, 4.69) is 12.2 Å². The van der Waals surface area contributed by atoms with Crippen molar-refractivity contribution >= 4 is 28.8 Å². The zero-order valence-corrected chi connectivity index (χ0v) is 13.0. The third kappa shape index (κ3) is 4.09. The second-order valence-electron chi connectivity index (χ2n) is 4.63. The minimum Gasteiger partial charge on any atom is -0.347 e. The van der Waals surface area contributed by atoms with E-state index in [4.69, 9.17) is 11.6 Å². The number of amides is 1. The topological polar surface area (TPSA) is 29.1 Å². The Balaban J connectivity index is 1.97. The van der Waals surface area contributed by atoms with E-state index in [9.17, 15) is 4.79 Å². The van der Waals surface area contributed by atoms with Gasteiger partial charge in [-0.15, -0.1) is 22.9 Å². The normalized spacial score (nSPS) is 12.1. The average Bonchev–Trinajstić information content (AvgIpc) is 2.96. The third-order valence-corrected chi connectivity index (χ3v) is 4.68. The van der Waals surface area contributed by atoms with E-state index in [0.29, 0.717) is 5.88 Å². The average molecular weight is 308 g/mol. The molecule has 2 rings (SSSR count). The molecule has 2 aromatic rings. The van der Waals surface area contributed by atoms with Crippen molar-refractivity contribution in [1.82, 2.24) is 5.32 Å². The van der Waals surface area contributed by atoms with Crippen LogP contribution in [-0.4, -0.2) is 17.8 Å². The molecule has 0 radical (unpaired) electrons. The molecule has 1 aromatic carbocycles. The Kier molecular flexibility index (Phi) is 5.62. The number of aryl methyl sites for hydroxylation is 1. The summed E-state index contributed by atoms with van der Waals surface area (Å²) in [5.41, 5.74) is 1.18.